The maximum Gasteiger partial charge on any atom is 0.123 e. The Hall–Kier alpha value is -3.14. The summed E-state index contributed by atoms with van der Waals surface area (Å²) >= 11 is 0. The van der Waals surface area contributed by atoms with E-state index in [2.05, 4.69) is 56.1 Å². The lowest BCUT2D eigenvalue weighted by Crippen LogP contribution is -2.24. The number of phenolic OH excluding ortho intramolecular Hbond substituents is 1. The maximum absolute atomic E-state index is 10.2. The predicted octanol–water partition coefficient (Wildman–Crippen LogP) is 6.73. The number of nitrogens with zero attached hydrogens (tertiary/aromatic N) is 2. The number of phenols is 1. The molecule has 0 aliphatic carbocycles. The predicted molar refractivity (Wildman–Crippen MR) is 125 cm³/mol. The number of aromatic amines is 1. The van der Waals surface area contributed by atoms with E-state index < -0.39 is 0 Å². The second kappa shape index (κ2) is 8.70. The molecular weight excluding hydrogens is 370 g/mol. The minimum atomic E-state index is 0.0788. The molecule has 30 heavy (non-hydrogen) atoms. The molecule has 0 radical (unpaired) electrons. The zero-order chi connectivity index (χ0) is 21.8. The molecule has 0 atom stereocenters. The van der Waals surface area contributed by atoms with Gasteiger partial charge in [0.05, 0.1) is 0 Å². The van der Waals surface area contributed by atoms with Gasteiger partial charge in [0.15, 0.2) is 0 Å². The molecule has 0 fully saturated rings. The summed E-state index contributed by atoms with van der Waals surface area (Å²) < 4.78 is 0. The lowest BCUT2D eigenvalue weighted by Gasteiger charge is -2.33. The lowest BCUT2D eigenvalue weighted by atomic mass is 9.72. The van der Waals surface area contributed by atoms with Gasteiger partial charge in [0.25, 0.3) is 0 Å². The molecule has 0 spiro atoms. The number of aromatic nitrogens is 3. The van der Waals surface area contributed by atoms with E-state index >= 15 is 0 Å². The lowest BCUT2D eigenvalue weighted by molar-refractivity contribution is 0.284. The summed E-state index contributed by atoms with van der Waals surface area (Å²) in [6, 6.07) is 23.8. The molecule has 0 saturated carbocycles. The van der Waals surface area contributed by atoms with Crippen molar-refractivity contribution in [2.24, 2.45) is 5.41 Å². The summed E-state index contributed by atoms with van der Waals surface area (Å²) in [4.78, 5) is 0. The fourth-order valence-electron chi connectivity index (χ4n) is 4.02. The van der Waals surface area contributed by atoms with Crippen LogP contribution in [0.5, 0.6) is 5.75 Å². The zero-order valence-electron chi connectivity index (χ0n) is 18.5. The highest BCUT2D eigenvalue weighted by Gasteiger charge is 2.27. The van der Waals surface area contributed by atoms with Crippen molar-refractivity contribution in [2.45, 2.75) is 46.5 Å². The fourth-order valence-corrected chi connectivity index (χ4v) is 4.02. The third-order valence-corrected chi connectivity index (χ3v) is 5.06. The molecule has 2 N–H and O–H groups in total. The van der Waals surface area contributed by atoms with Gasteiger partial charge >= 0.3 is 0 Å². The molecule has 0 amide bonds. The Labute approximate surface area is 179 Å². The van der Waals surface area contributed by atoms with Crippen LogP contribution in [0, 0.1) is 5.41 Å². The molecule has 0 bridgehead atoms. The van der Waals surface area contributed by atoms with Crippen LogP contribution in [0.4, 0.5) is 0 Å². The summed E-state index contributed by atoms with van der Waals surface area (Å²) in [5, 5.41) is 20.5. The van der Waals surface area contributed by atoms with Crippen molar-refractivity contribution in [1.29, 1.82) is 0 Å². The molecule has 4 rings (SSSR count). The third kappa shape index (κ3) is 5.47. The van der Waals surface area contributed by atoms with E-state index in [4.69, 9.17) is 0 Å². The summed E-state index contributed by atoms with van der Waals surface area (Å²) in [7, 11) is 0. The van der Waals surface area contributed by atoms with Crippen molar-refractivity contribution in [1.82, 2.24) is 15.4 Å². The van der Waals surface area contributed by atoms with Crippen LogP contribution in [-0.2, 0) is 5.41 Å². The highest BCUT2D eigenvalue weighted by molar-refractivity contribution is 5.72. The first-order valence-corrected chi connectivity index (χ1v) is 10.3. The van der Waals surface area contributed by atoms with Crippen molar-refractivity contribution in [2.75, 3.05) is 0 Å². The number of H-pyrrole nitrogens is 1. The van der Waals surface area contributed by atoms with Gasteiger partial charge in [-0.25, -0.2) is 0 Å². The number of para-hydroxylation sites is 2. The highest BCUT2D eigenvalue weighted by Crippen LogP contribution is 2.39. The monoisotopic (exact) mass is 401 g/mol. The number of aromatic hydroxyl groups is 1. The first-order chi connectivity index (χ1) is 14.2. The van der Waals surface area contributed by atoms with Gasteiger partial charge in [0, 0.05) is 5.56 Å². The number of nitrogens with one attached hydrogen (secondary N) is 1. The quantitative estimate of drug-likeness (QED) is 0.400. The Bertz CT molecular complexity index is 1060. The van der Waals surface area contributed by atoms with Crippen LogP contribution in [0.1, 0.15) is 46.6 Å². The molecule has 3 aromatic carbocycles. The molecule has 0 saturated heterocycles. The Morgan fingerprint density at radius 1 is 0.767 bits per heavy atom. The zero-order valence-corrected chi connectivity index (χ0v) is 18.5. The van der Waals surface area contributed by atoms with Gasteiger partial charge in [0.1, 0.15) is 16.8 Å². The number of fused-ring (bicyclic) bond motifs is 1. The summed E-state index contributed by atoms with van der Waals surface area (Å²) in [5.74, 6) is 0.344. The average molecular weight is 402 g/mol. The van der Waals surface area contributed by atoms with Crippen LogP contribution >= 0.6 is 0 Å². The van der Waals surface area contributed by atoms with Crippen LogP contribution in [0.25, 0.3) is 22.2 Å². The van der Waals surface area contributed by atoms with Crippen molar-refractivity contribution >= 4 is 11.0 Å². The van der Waals surface area contributed by atoms with Gasteiger partial charge in [-0.2, -0.15) is 15.4 Å². The van der Waals surface area contributed by atoms with E-state index in [-0.39, 0.29) is 10.8 Å². The van der Waals surface area contributed by atoms with Crippen molar-refractivity contribution in [3.8, 4) is 16.9 Å². The van der Waals surface area contributed by atoms with E-state index in [0.29, 0.717) is 5.75 Å². The van der Waals surface area contributed by atoms with E-state index in [0.717, 1.165) is 28.6 Å². The summed E-state index contributed by atoms with van der Waals surface area (Å²) in [6.07, 6.45) is 1.10. The summed E-state index contributed by atoms with van der Waals surface area (Å²) in [6.45, 7) is 11.4. The fraction of sp³-hybridized carbons (Fsp3) is 0.308. The SMILES string of the molecule is CC(C)(C)CC(C)(C)c1ccc(O)c(-c2ccccc2)c1.c1ccc2n[nH]nc2c1. The number of rotatable bonds is 3. The number of hydrogen-bond acceptors (Lipinski definition) is 3. The van der Waals surface area contributed by atoms with Gasteiger partial charge in [-0.05, 0) is 52.6 Å². The minimum Gasteiger partial charge on any atom is -0.507 e. The molecule has 156 valence electrons. The van der Waals surface area contributed by atoms with Crippen LogP contribution in [0.2, 0.25) is 0 Å². The van der Waals surface area contributed by atoms with Gasteiger partial charge < -0.3 is 5.11 Å². The van der Waals surface area contributed by atoms with Gasteiger partial charge in [-0.15, -0.1) is 0 Å². The van der Waals surface area contributed by atoms with Crippen molar-refractivity contribution in [3.05, 3.63) is 78.4 Å². The minimum absolute atomic E-state index is 0.0788. The third-order valence-electron chi connectivity index (χ3n) is 5.06. The summed E-state index contributed by atoms with van der Waals surface area (Å²) in [5.41, 5.74) is 5.42. The van der Waals surface area contributed by atoms with E-state index in [9.17, 15) is 5.11 Å². The van der Waals surface area contributed by atoms with Crippen LogP contribution in [0.15, 0.2) is 72.8 Å². The molecule has 1 heterocycles. The van der Waals surface area contributed by atoms with Crippen LogP contribution < -0.4 is 0 Å². The second-order valence-electron chi connectivity index (χ2n) is 9.53. The first kappa shape index (κ1) is 21.6. The average Bonchev–Trinajstić information content (AvgIpc) is 3.16. The maximum atomic E-state index is 10.2. The Balaban J connectivity index is 0.000000234. The van der Waals surface area contributed by atoms with Crippen LogP contribution in [-0.4, -0.2) is 20.5 Å². The Morgan fingerprint density at radius 2 is 1.33 bits per heavy atom. The molecule has 0 aliphatic heterocycles. The normalized spacial score (nSPS) is 11.8. The van der Waals surface area contributed by atoms with Gasteiger partial charge in [0.2, 0.25) is 0 Å². The van der Waals surface area contributed by atoms with E-state index in [1.165, 1.54) is 5.56 Å². The molecule has 0 unspecified atom stereocenters. The Kier molecular flexibility index (Phi) is 6.25. The number of hydrogen-bond donors (Lipinski definition) is 2. The molecule has 0 aliphatic rings. The topological polar surface area (TPSA) is 61.8 Å². The van der Waals surface area contributed by atoms with Crippen molar-refractivity contribution < 1.29 is 5.11 Å². The molecular formula is C26H31N3O. The largest absolute Gasteiger partial charge is 0.507 e. The van der Waals surface area contributed by atoms with E-state index in [1.54, 1.807) is 0 Å². The molecule has 4 nitrogen and oxygen atoms in total. The highest BCUT2D eigenvalue weighted by atomic mass is 16.3. The number of benzene rings is 3. The smallest absolute Gasteiger partial charge is 0.123 e. The van der Waals surface area contributed by atoms with Gasteiger partial charge in [-0.1, -0.05) is 83.1 Å². The standard InChI is InChI=1S/C20H26O.C6H5N3/c1-19(2,3)14-20(4,5)16-11-12-18(21)17(13-16)15-9-7-6-8-10-15;1-2-4-6-5(3-1)7-9-8-6/h6-13,21H,14H2,1-5H3;1-4H,(H,7,8,9). The molecule has 1 aromatic heterocycles. The van der Waals surface area contributed by atoms with Crippen LogP contribution in [0.3, 0.4) is 0 Å². The first-order valence-electron chi connectivity index (χ1n) is 10.3. The van der Waals surface area contributed by atoms with E-state index in [1.807, 2.05) is 66.7 Å². The second-order valence-corrected chi connectivity index (χ2v) is 9.53. The van der Waals surface area contributed by atoms with Crippen molar-refractivity contribution in [3.63, 3.8) is 0 Å². The molecule has 4 heteroatoms. The Morgan fingerprint density at radius 3 is 1.90 bits per heavy atom. The van der Waals surface area contributed by atoms with Gasteiger partial charge in [-0.3, -0.25) is 0 Å². The molecule has 4 aromatic rings.